The molecule has 20 heavy (non-hydrogen) atoms. The molecule has 0 spiro atoms. The molecule has 114 valence electrons. The minimum atomic E-state index is -0.0816. The van der Waals surface area contributed by atoms with Crippen molar-refractivity contribution < 1.29 is 4.74 Å². The van der Waals surface area contributed by atoms with Crippen LogP contribution in [0.5, 0.6) is 0 Å². The van der Waals surface area contributed by atoms with E-state index in [0.717, 1.165) is 31.6 Å². The van der Waals surface area contributed by atoms with Crippen molar-refractivity contribution in [1.82, 2.24) is 15.1 Å². The number of aryl methyl sites for hydroxylation is 3. The maximum Gasteiger partial charge on any atom is 0.0787 e. The summed E-state index contributed by atoms with van der Waals surface area (Å²) in [6.07, 6.45) is 2.16. The summed E-state index contributed by atoms with van der Waals surface area (Å²) in [5.74, 6) is 0. The Labute approximate surface area is 122 Å². The van der Waals surface area contributed by atoms with E-state index in [0.29, 0.717) is 6.04 Å². The summed E-state index contributed by atoms with van der Waals surface area (Å²) in [6, 6.07) is 2.56. The van der Waals surface area contributed by atoms with E-state index in [1.54, 1.807) is 0 Å². The van der Waals surface area contributed by atoms with Gasteiger partial charge in [-0.25, -0.2) is 0 Å². The molecular weight excluding hydrogens is 250 g/mol. The van der Waals surface area contributed by atoms with E-state index >= 15 is 0 Å². The van der Waals surface area contributed by atoms with Crippen LogP contribution in [0.15, 0.2) is 6.07 Å². The van der Waals surface area contributed by atoms with Gasteiger partial charge in [0, 0.05) is 18.3 Å². The fraction of sp³-hybridized carbons (Fsp3) is 0.812. The van der Waals surface area contributed by atoms with E-state index in [-0.39, 0.29) is 11.2 Å². The van der Waals surface area contributed by atoms with Gasteiger partial charge in [0.1, 0.15) is 0 Å². The molecule has 1 saturated heterocycles. The molecule has 2 heterocycles. The molecule has 1 aliphatic heterocycles. The normalized spacial score (nSPS) is 24.2. The molecule has 4 nitrogen and oxygen atoms in total. The lowest BCUT2D eigenvalue weighted by molar-refractivity contribution is -0.0698. The number of rotatable bonds is 5. The van der Waals surface area contributed by atoms with Gasteiger partial charge in [-0.05, 0) is 67.0 Å². The Morgan fingerprint density at radius 1 is 1.35 bits per heavy atom. The lowest BCUT2D eigenvalue weighted by atomic mass is 9.94. The lowest BCUT2D eigenvalue weighted by Crippen LogP contribution is -2.43. The van der Waals surface area contributed by atoms with Gasteiger partial charge in [0.15, 0.2) is 0 Å². The van der Waals surface area contributed by atoms with Gasteiger partial charge in [-0.2, -0.15) is 5.10 Å². The fourth-order valence-electron chi connectivity index (χ4n) is 3.29. The summed E-state index contributed by atoms with van der Waals surface area (Å²) in [7, 11) is 0. The molecule has 1 N–H and O–H groups in total. The molecule has 1 aliphatic rings. The Morgan fingerprint density at radius 2 is 2.05 bits per heavy atom. The molecule has 0 radical (unpaired) electrons. The van der Waals surface area contributed by atoms with Crippen LogP contribution in [-0.4, -0.2) is 33.6 Å². The van der Waals surface area contributed by atoms with Gasteiger partial charge in [-0.3, -0.25) is 4.68 Å². The zero-order valence-electron chi connectivity index (χ0n) is 13.8. The molecule has 0 bridgehead atoms. The zero-order chi connectivity index (χ0) is 15.0. The van der Waals surface area contributed by atoms with Gasteiger partial charge in [-0.15, -0.1) is 0 Å². The molecule has 2 rings (SSSR count). The summed E-state index contributed by atoms with van der Waals surface area (Å²) < 4.78 is 8.20. The SMILES string of the molecule is Cc1cc(C)n(CCCNC2CC(C)(C)OC2(C)C)n1. The van der Waals surface area contributed by atoms with Crippen molar-refractivity contribution in [2.45, 2.75) is 78.2 Å². The Morgan fingerprint density at radius 3 is 2.55 bits per heavy atom. The molecule has 1 fully saturated rings. The molecule has 1 unspecified atom stereocenters. The molecule has 0 amide bonds. The number of nitrogens with one attached hydrogen (secondary N) is 1. The standard InChI is InChI=1S/C16H29N3O/c1-12-10-13(2)19(18-12)9-7-8-17-14-11-15(3,4)20-16(14,5)6/h10,14,17H,7-9,11H2,1-6H3. The summed E-state index contributed by atoms with van der Waals surface area (Å²) in [5, 5.41) is 8.15. The predicted molar refractivity (Wildman–Crippen MR) is 82.0 cm³/mol. The van der Waals surface area contributed by atoms with Gasteiger partial charge in [0.2, 0.25) is 0 Å². The second-order valence-electron chi connectivity index (χ2n) is 7.18. The summed E-state index contributed by atoms with van der Waals surface area (Å²) >= 11 is 0. The summed E-state index contributed by atoms with van der Waals surface area (Å²) in [6.45, 7) is 14.8. The van der Waals surface area contributed by atoms with Crippen LogP contribution in [-0.2, 0) is 11.3 Å². The first-order chi connectivity index (χ1) is 9.20. The van der Waals surface area contributed by atoms with E-state index in [9.17, 15) is 0 Å². The minimum Gasteiger partial charge on any atom is -0.368 e. The molecule has 1 aromatic heterocycles. The number of nitrogens with zero attached hydrogens (tertiary/aromatic N) is 2. The monoisotopic (exact) mass is 279 g/mol. The van der Waals surface area contributed by atoms with Crippen molar-refractivity contribution >= 4 is 0 Å². The minimum absolute atomic E-state index is 0.0170. The van der Waals surface area contributed by atoms with E-state index in [4.69, 9.17) is 4.74 Å². The summed E-state index contributed by atoms with van der Waals surface area (Å²) in [5.41, 5.74) is 2.24. The Kier molecular flexibility index (Phi) is 4.26. The Balaban J connectivity index is 1.78. The van der Waals surface area contributed by atoms with Crippen molar-refractivity contribution in [3.05, 3.63) is 17.5 Å². The van der Waals surface area contributed by atoms with Crippen LogP contribution in [0.2, 0.25) is 0 Å². The van der Waals surface area contributed by atoms with E-state index < -0.39 is 0 Å². The van der Waals surface area contributed by atoms with Crippen molar-refractivity contribution in [3.8, 4) is 0 Å². The topological polar surface area (TPSA) is 39.1 Å². The Hall–Kier alpha value is -0.870. The van der Waals surface area contributed by atoms with Gasteiger partial charge in [0.25, 0.3) is 0 Å². The largest absolute Gasteiger partial charge is 0.368 e. The highest BCUT2D eigenvalue weighted by Crippen LogP contribution is 2.37. The number of ether oxygens (including phenoxy) is 1. The van der Waals surface area contributed by atoms with Crippen LogP contribution in [0.1, 0.15) is 51.9 Å². The second-order valence-corrected chi connectivity index (χ2v) is 7.18. The first-order valence-electron chi connectivity index (χ1n) is 7.64. The molecule has 1 aromatic rings. The predicted octanol–water partition coefficient (Wildman–Crippen LogP) is 2.83. The molecule has 0 aromatic carbocycles. The first kappa shape index (κ1) is 15.5. The van der Waals surface area contributed by atoms with E-state index in [1.165, 1.54) is 5.69 Å². The maximum atomic E-state index is 6.11. The third-order valence-corrected chi connectivity index (χ3v) is 4.12. The first-order valence-corrected chi connectivity index (χ1v) is 7.64. The van der Waals surface area contributed by atoms with Gasteiger partial charge < -0.3 is 10.1 Å². The molecule has 4 heteroatoms. The molecule has 0 aliphatic carbocycles. The van der Waals surface area contributed by atoms with Crippen LogP contribution in [0.4, 0.5) is 0 Å². The highest BCUT2D eigenvalue weighted by molar-refractivity contribution is 5.06. The van der Waals surface area contributed by atoms with Crippen molar-refractivity contribution in [3.63, 3.8) is 0 Å². The van der Waals surface area contributed by atoms with Crippen LogP contribution in [0, 0.1) is 13.8 Å². The third-order valence-electron chi connectivity index (χ3n) is 4.12. The van der Waals surface area contributed by atoms with Crippen molar-refractivity contribution in [1.29, 1.82) is 0 Å². The molecular formula is C16H29N3O. The highest BCUT2D eigenvalue weighted by atomic mass is 16.5. The zero-order valence-corrected chi connectivity index (χ0v) is 13.8. The maximum absolute atomic E-state index is 6.11. The van der Waals surface area contributed by atoms with Crippen LogP contribution < -0.4 is 5.32 Å². The number of hydrogen-bond donors (Lipinski definition) is 1. The average molecular weight is 279 g/mol. The third kappa shape index (κ3) is 3.61. The fourth-order valence-corrected chi connectivity index (χ4v) is 3.29. The smallest absolute Gasteiger partial charge is 0.0787 e. The lowest BCUT2D eigenvalue weighted by Gasteiger charge is -2.27. The second kappa shape index (κ2) is 5.49. The van der Waals surface area contributed by atoms with Gasteiger partial charge in [-0.1, -0.05) is 0 Å². The molecule has 1 atom stereocenters. The van der Waals surface area contributed by atoms with Crippen LogP contribution >= 0.6 is 0 Å². The summed E-state index contributed by atoms with van der Waals surface area (Å²) in [4.78, 5) is 0. The van der Waals surface area contributed by atoms with Gasteiger partial charge in [0.05, 0.1) is 16.9 Å². The quantitative estimate of drug-likeness (QED) is 0.842. The van der Waals surface area contributed by atoms with Gasteiger partial charge >= 0.3 is 0 Å². The van der Waals surface area contributed by atoms with Crippen LogP contribution in [0.3, 0.4) is 0 Å². The molecule has 0 saturated carbocycles. The van der Waals surface area contributed by atoms with Crippen LogP contribution in [0.25, 0.3) is 0 Å². The number of aromatic nitrogens is 2. The number of hydrogen-bond acceptors (Lipinski definition) is 3. The van der Waals surface area contributed by atoms with E-state index in [1.807, 2.05) is 6.92 Å². The van der Waals surface area contributed by atoms with E-state index in [2.05, 4.69) is 55.8 Å². The highest BCUT2D eigenvalue weighted by Gasteiger charge is 2.45. The van der Waals surface area contributed by atoms with Crippen molar-refractivity contribution in [2.24, 2.45) is 0 Å². The Bertz CT molecular complexity index is 462. The average Bonchev–Trinajstić information content (AvgIpc) is 2.69. The van der Waals surface area contributed by atoms with Crippen molar-refractivity contribution in [2.75, 3.05) is 6.54 Å².